The van der Waals surface area contributed by atoms with Crippen molar-refractivity contribution in [3.05, 3.63) is 29.8 Å². The first kappa shape index (κ1) is 12.6. The van der Waals surface area contributed by atoms with Crippen molar-refractivity contribution >= 4 is 5.91 Å². The van der Waals surface area contributed by atoms with Gasteiger partial charge in [-0.15, -0.1) is 0 Å². The number of carbonyl (C=O) groups excluding carboxylic acids is 1. The summed E-state index contributed by atoms with van der Waals surface area (Å²) < 4.78 is 12.6. The average Bonchev–Trinajstić information content (AvgIpc) is 2.27. The summed E-state index contributed by atoms with van der Waals surface area (Å²) in [6, 6.07) is 2.78. The first-order chi connectivity index (χ1) is 7.43. The van der Waals surface area contributed by atoms with Crippen LogP contribution in [0.15, 0.2) is 18.3 Å². The number of amides is 1. The third-order valence-electron chi connectivity index (χ3n) is 2.87. The normalized spacial score (nSPS) is 12.6. The van der Waals surface area contributed by atoms with Crippen molar-refractivity contribution < 1.29 is 9.18 Å². The summed E-state index contributed by atoms with van der Waals surface area (Å²) in [6.07, 6.45) is 1.27. The molecule has 0 spiro atoms. The van der Waals surface area contributed by atoms with Gasteiger partial charge in [0.1, 0.15) is 0 Å². The van der Waals surface area contributed by atoms with Crippen LogP contribution in [0, 0.1) is 11.9 Å². The van der Waals surface area contributed by atoms with Gasteiger partial charge in [-0.1, -0.05) is 13.8 Å². The number of aromatic nitrogens is 1. The molecule has 0 saturated heterocycles. The summed E-state index contributed by atoms with van der Waals surface area (Å²) in [4.78, 5) is 17.1. The summed E-state index contributed by atoms with van der Waals surface area (Å²) in [6.45, 7) is 6.09. The van der Waals surface area contributed by atoms with Crippen LogP contribution in [0.4, 0.5) is 4.39 Å². The van der Waals surface area contributed by atoms with Gasteiger partial charge >= 0.3 is 0 Å². The predicted molar refractivity (Wildman–Crippen MR) is 60.6 cm³/mol. The molecule has 0 radical (unpaired) electrons. The van der Waals surface area contributed by atoms with Gasteiger partial charge in [0.25, 0.3) is 5.91 Å². The Hall–Kier alpha value is -1.45. The Morgan fingerprint density at radius 3 is 2.44 bits per heavy atom. The van der Waals surface area contributed by atoms with E-state index in [4.69, 9.17) is 0 Å². The van der Waals surface area contributed by atoms with Gasteiger partial charge in [0.15, 0.2) is 0 Å². The largest absolute Gasteiger partial charge is 0.339 e. The second kappa shape index (κ2) is 5.05. The Morgan fingerprint density at radius 2 is 2.00 bits per heavy atom. The van der Waals surface area contributed by atoms with Gasteiger partial charge in [-0.2, -0.15) is 4.39 Å². The Balaban J connectivity index is 2.82. The maximum Gasteiger partial charge on any atom is 0.255 e. The Bertz CT molecular complexity index is 362. The second-order valence-corrected chi connectivity index (χ2v) is 4.27. The van der Waals surface area contributed by atoms with E-state index >= 15 is 0 Å². The first-order valence-electron chi connectivity index (χ1n) is 5.32. The lowest BCUT2D eigenvalue weighted by Crippen LogP contribution is -2.38. The van der Waals surface area contributed by atoms with Gasteiger partial charge in [-0.3, -0.25) is 4.79 Å². The maximum absolute atomic E-state index is 12.6. The van der Waals surface area contributed by atoms with E-state index in [9.17, 15) is 9.18 Å². The van der Waals surface area contributed by atoms with Gasteiger partial charge < -0.3 is 4.90 Å². The minimum absolute atomic E-state index is 0.131. The fraction of sp³-hybridized carbons (Fsp3) is 0.500. The number of rotatable bonds is 3. The quantitative estimate of drug-likeness (QED) is 0.738. The van der Waals surface area contributed by atoms with E-state index in [0.29, 0.717) is 11.5 Å². The van der Waals surface area contributed by atoms with E-state index in [1.165, 1.54) is 18.3 Å². The molecule has 1 amide bonds. The molecule has 0 N–H and O–H groups in total. The van der Waals surface area contributed by atoms with Crippen LogP contribution in [0.5, 0.6) is 0 Å². The smallest absolute Gasteiger partial charge is 0.255 e. The lowest BCUT2D eigenvalue weighted by molar-refractivity contribution is 0.0706. The maximum atomic E-state index is 12.6. The fourth-order valence-electron chi connectivity index (χ4n) is 1.34. The number of hydrogen-bond acceptors (Lipinski definition) is 2. The van der Waals surface area contributed by atoms with Crippen molar-refractivity contribution in [3.8, 4) is 0 Å². The van der Waals surface area contributed by atoms with Crippen molar-refractivity contribution in [1.82, 2.24) is 9.88 Å². The van der Waals surface area contributed by atoms with Gasteiger partial charge in [-0.25, -0.2) is 4.98 Å². The number of carbonyl (C=O) groups is 1. The van der Waals surface area contributed by atoms with Crippen molar-refractivity contribution in [1.29, 1.82) is 0 Å². The first-order valence-corrected chi connectivity index (χ1v) is 5.32. The van der Waals surface area contributed by atoms with Crippen LogP contribution in [-0.4, -0.2) is 28.9 Å². The highest BCUT2D eigenvalue weighted by Gasteiger charge is 2.19. The molecule has 1 unspecified atom stereocenters. The lowest BCUT2D eigenvalue weighted by Gasteiger charge is -2.27. The molecule has 1 atom stereocenters. The zero-order valence-electron chi connectivity index (χ0n) is 10.1. The van der Waals surface area contributed by atoms with Gasteiger partial charge in [0, 0.05) is 19.3 Å². The molecule has 3 nitrogen and oxygen atoms in total. The Morgan fingerprint density at radius 1 is 1.38 bits per heavy atom. The van der Waals surface area contributed by atoms with Crippen LogP contribution in [0.25, 0.3) is 0 Å². The van der Waals surface area contributed by atoms with Gasteiger partial charge in [0.05, 0.1) is 5.56 Å². The molecule has 0 aliphatic rings. The molecule has 1 aromatic rings. The molecule has 0 aliphatic heterocycles. The van der Waals surface area contributed by atoms with E-state index < -0.39 is 5.95 Å². The molecular weight excluding hydrogens is 207 g/mol. The zero-order valence-corrected chi connectivity index (χ0v) is 10.1. The molecule has 0 fully saturated rings. The highest BCUT2D eigenvalue weighted by molar-refractivity contribution is 5.93. The predicted octanol–water partition coefficient (Wildman–Crippen LogP) is 2.34. The van der Waals surface area contributed by atoms with E-state index in [2.05, 4.69) is 18.8 Å². The molecule has 0 aromatic carbocycles. The molecule has 1 rings (SSSR count). The van der Waals surface area contributed by atoms with Crippen LogP contribution < -0.4 is 0 Å². The topological polar surface area (TPSA) is 33.2 Å². The molecule has 0 aliphatic carbocycles. The number of halogens is 1. The van der Waals surface area contributed by atoms with Gasteiger partial charge in [-0.05, 0) is 25.0 Å². The average molecular weight is 224 g/mol. The van der Waals surface area contributed by atoms with Crippen LogP contribution in [0.1, 0.15) is 31.1 Å². The summed E-state index contributed by atoms with van der Waals surface area (Å²) in [5, 5.41) is 0. The third kappa shape index (κ3) is 2.78. The van der Waals surface area contributed by atoms with Crippen molar-refractivity contribution in [2.24, 2.45) is 5.92 Å². The Labute approximate surface area is 95.3 Å². The van der Waals surface area contributed by atoms with E-state index in [1.807, 2.05) is 6.92 Å². The Kier molecular flexibility index (Phi) is 3.99. The van der Waals surface area contributed by atoms with Crippen LogP contribution >= 0.6 is 0 Å². The molecule has 0 bridgehead atoms. The molecule has 4 heteroatoms. The minimum Gasteiger partial charge on any atom is -0.339 e. The summed E-state index contributed by atoms with van der Waals surface area (Å²) in [5.74, 6) is -0.327. The number of pyridine rings is 1. The highest BCUT2D eigenvalue weighted by atomic mass is 19.1. The fourth-order valence-corrected chi connectivity index (χ4v) is 1.34. The third-order valence-corrected chi connectivity index (χ3v) is 2.87. The monoisotopic (exact) mass is 224 g/mol. The number of nitrogens with zero attached hydrogens (tertiary/aromatic N) is 2. The molecular formula is C12H17FN2O. The van der Waals surface area contributed by atoms with Gasteiger partial charge in [0.2, 0.25) is 5.95 Å². The van der Waals surface area contributed by atoms with Crippen molar-refractivity contribution in [2.45, 2.75) is 26.8 Å². The van der Waals surface area contributed by atoms with Crippen LogP contribution in [-0.2, 0) is 0 Å². The molecule has 0 saturated carbocycles. The van der Waals surface area contributed by atoms with Crippen LogP contribution in [0.3, 0.4) is 0 Å². The minimum atomic E-state index is -0.573. The number of hydrogen-bond donors (Lipinski definition) is 0. The molecule has 1 heterocycles. The highest BCUT2D eigenvalue weighted by Crippen LogP contribution is 2.12. The lowest BCUT2D eigenvalue weighted by atomic mass is 10.0. The molecule has 16 heavy (non-hydrogen) atoms. The van der Waals surface area contributed by atoms with Crippen molar-refractivity contribution in [3.63, 3.8) is 0 Å². The summed E-state index contributed by atoms with van der Waals surface area (Å²) in [7, 11) is 1.75. The van der Waals surface area contributed by atoms with E-state index in [-0.39, 0.29) is 11.9 Å². The SMILES string of the molecule is CC(C)C(C)N(C)C(=O)c1ccc(F)nc1. The second-order valence-electron chi connectivity index (χ2n) is 4.27. The standard InChI is InChI=1S/C12H17FN2O/c1-8(2)9(3)15(4)12(16)10-5-6-11(13)14-7-10/h5-9H,1-4H3. The van der Waals surface area contributed by atoms with E-state index in [1.54, 1.807) is 11.9 Å². The molecule has 1 aromatic heterocycles. The summed E-state index contributed by atoms with van der Waals surface area (Å²) >= 11 is 0. The van der Waals surface area contributed by atoms with Crippen LogP contribution in [0.2, 0.25) is 0 Å². The molecule has 88 valence electrons. The van der Waals surface area contributed by atoms with E-state index in [0.717, 1.165) is 0 Å². The summed E-state index contributed by atoms with van der Waals surface area (Å²) in [5.41, 5.74) is 0.413. The zero-order chi connectivity index (χ0) is 12.3. The van der Waals surface area contributed by atoms with Crippen molar-refractivity contribution in [2.75, 3.05) is 7.05 Å².